The highest BCUT2D eigenvalue weighted by Gasteiger charge is 2.21. The van der Waals surface area contributed by atoms with Crippen LogP contribution in [0.5, 0.6) is 0 Å². The van der Waals surface area contributed by atoms with Crippen molar-refractivity contribution in [1.82, 2.24) is 10.2 Å². The molecule has 6 nitrogen and oxygen atoms in total. The monoisotopic (exact) mass is 345 g/mol. The van der Waals surface area contributed by atoms with E-state index in [9.17, 15) is 4.79 Å². The van der Waals surface area contributed by atoms with Gasteiger partial charge in [-0.1, -0.05) is 43.4 Å². The van der Waals surface area contributed by atoms with E-state index in [0.717, 1.165) is 22.4 Å². The first-order chi connectivity index (χ1) is 11.6. The Morgan fingerprint density at radius 1 is 1.33 bits per heavy atom. The Kier molecular flexibility index (Phi) is 4.92. The van der Waals surface area contributed by atoms with Gasteiger partial charge in [-0.15, -0.1) is 10.2 Å². The summed E-state index contributed by atoms with van der Waals surface area (Å²) in [4.78, 5) is 12.6. The smallest absolute Gasteiger partial charge is 0.293 e. The molecule has 0 radical (unpaired) electrons. The zero-order chi connectivity index (χ0) is 17.1. The number of nitrogens with one attached hydrogen (secondary N) is 1. The number of nitrogens with zero attached hydrogens (tertiary/aromatic N) is 2. The van der Waals surface area contributed by atoms with E-state index in [1.54, 1.807) is 7.11 Å². The highest BCUT2D eigenvalue weighted by Crippen LogP contribution is 2.28. The fraction of sp³-hybridized carbons (Fsp3) is 0.353. The number of methoxy groups -OCH3 is 1. The van der Waals surface area contributed by atoms with Gasteiger partial charge in [0.1, 0.15) is 10.6 Å². The fourth-order valence-electron chi connectivity index (χ4n) is 2.46. The normalized spacial score (nSPS) is 11.3. The summed E-state index contributed by atoms with van der Waals surface area (Å²) in [6, 6.07) is 7.52. The van der Waals surface area contributed by atoms with Crippen molar-refractivity contribution in [2.24, 2.45) is 5.92 Å². The Hall–Kier alpha value is -2.25. The minimum atomic E-state index is -0.342. The van der Waals surface area contributed by atoms with Crippen LogP contribution in [0.4, 0.5) is 5.13 Å². The van der Waals surface area contributed by atoms with Crippen molar-refractivity contribution in [1.29, 1.82) is 0 Å². The van der Waals surface area contributed by atoms with Gasteiger partial charge >= 0.3 is 0 Å². The van der Waals surface area contributed by atoms with Gasteiger partial charge in [0.25, 0.3) is 5.91 Å². The molecular weight excluding hydrogens is 326 g/mol. The molecule has 0 bridgehead atoms. The molecular formula is C17H19N3O3S. The lowest BCUT2D eigenvalue weighted by molar-refractivity contribution is 0.0992. The minimum absolute atomic E-state index is 0.249. The molecule has 0 aliphatic heterocycles. The molecule has 0 fully saturated rings. The first-order valence-electron chi connectivity index (χ1n) is 7.71. The van der Waals surface area contributed by atoms with Crippen LogP contribution in [-0.2, 0) is 17.8 Å². The van der Waals surface area contributed by atoms with Crippen LogP contribution in [0.15, 0.2) is 28.7 Å². The van der Waals surface area contributed by atoms with Crippen LogP contribution in [0.2, 0.25) is 0 Å². The van der Waals surface area contributed by atoms with Crippen LogP contribution in [0.25, 0.3) is 11.0 Å². The summed E-state index contributed by atoms with van der Waals surface area (Å²) in [7, 11) is 1.59. The largest absolute Gasteiger partial charge is 0.451 e. The topological polar surface area (TPSA) is 77.2 Å². The number of furan rings is 1. The molecule has 0 aliphatic rings. The number of ether oxygens (including phenoxy) is 1. The number of amides is 1. The van der Waals surface area contributed by atoms with Gasteiger partial charge in [-0.2, -0.15) is 0 Å². The Balaban J connectivity index is 1.85. The number of rotatable bonds is 6. The Morgan fingerprint density at radius 3 is 2.88 bits per heavy atom. The summed E-state index contributed by atoms with van der Waals surface area (Å²) in [5.74, 6) is 0.398. The molecule has 0 unspecified atom stereocenters. The number of para-hydroxylation sites is 1. The SMILES string of the molecule is COCc1c(C(=O)Nc2nnc(CC(C)C)s2)oc2ccccc12. The maximum atomic E-state index is 12.6. The van der Waals surface area contributed by atoms with E-state index < -0.39 is 0 Å². The van der Waals surface area contributed by atoms with Gasteiger partial charge in [-0.05, 0) is 12.0 Å². The van der Waals surface area contributed by atoms with Crippen molar-refractivity contribution in [3.63, 3.8) is 0 Å². The fourth-order valence-corrected chi connectivity index (χ4v) is 3.41. The summed E-state index contributed by atoms with van der Waals surface area (Å²) in [6.07, 6.45) is 0.840. The lowest BCUT2D eigenvalue weighted by Crippen LogP contribution is -2.13. The van der Waals surface area contributed by atoms with Crippen molar-refractivity contribution in [3.8, 4) is 0 Å². The lowest BCUT2D eigenvalue weighted by atomic mass is 10.1. The van der Waals surface area contributed by atoms with Crippen LogP contribution in [0.1, 0.15) is 35.0 Å². The summed E-state index contributed by atoms with van der Waals surface area (Å²) in [5.41, 5.74) is 1.39. The molecule has 0 atom stereocenters. The maximum absolute atomic E-state index is 12.6. The predicted octanol–water partition coefficient (Wildman–Crippen LogP) is 3.88. The van der Waals surface area contributed by atoms with Crippen molar-refractivity contribution in [3.05, 3.63) is 40.6 Å². The highest BCUT2D eigenvalue weighted by atomic mass is 32.1. The van der Waals surface area contributed by atoms with E-state index in [4.69, 9.17) is 9.15 Å². The molecule has 1 amide bonds. The van der Waals surface area contributed by atoms with Crippen molar-refractivity contribution >= 4 is 33.3 Å². The Bertz CT molecular complexity index is 854. The van der Waals surface area contributed by atoms with Gasteiger partial charge in [0.15, 0.2) is 5.76 Å². The second-order valence-corrected chi connectivity index (χ2v) is 6.95. The highest BCUT2D eigenvalue weighted by molar-refractivity contribution is 7.15. The average Bonchev–Trinajstić information content (AvgIpc) is 3.12. The molecule has 0 spiro atoms. The van der Waals surface area contributed by atoms with Crippen LogP contribution in [-0.4, -0.2) is 23.2 Å². The average molecular weight is 345 g/mol. The van der Waals surface area contributed by atoms with E-state index in [-0.39, 0.29) is 11.7 Å². The number of carbonyl (C=O) groups is 1. The summed E-state index contributed by atoms with van der Waals surface area (Å²) in [5, 5.41) is 13.2. The van der Waals surface area contributed by atoms with Gasteiger partial charge in [0.05, 0.1) is 6.61 Å². The number of aromatic nitrogens is 2. The molecule has 2 aromatic heterocycles. The van der Waals surface area contributed by atoms with Crippen LogP contribution in [0.3, 0.4) is 0 Å². The molecule has 2 heterocycles. The second kappa shape index (κ2) is 7.11. The summed E-state index contributed by atoms with van der Waals surface area (Å²) >= 11 is 1.38. The van der Waals surface area contributed by atoms with Crippen LogP contribution < -0.4 is 5.32 Å². The minimum Gasteiger partial charge on any atom is -0.451 e. The summed E-state index contributed by atoms with van der Waals surface area (Å²) < 4.78 is 10.9. The molecule has 0 saturated heterocycles. The molecule has 24 heavy (non-hydrogen) atoms. The van der Waals surface area contributed by atoms with E-state index in [2.05, 4.69) is 29.4 Å². The zero-order valence-electron chi connectivity index (χ0n) is 13.8. The zero-order valence-corrected chi connectivity index (χ0v) is 14.6. The van der Waals surface area contributed by atoms with Gasteiger partial charge in [-0.3, -0.25) is 10.1 Å². The third-order valence-corrected chi connectivity index (χ3v) is 4.32. The third-order valence-electron chi connectivity index (χ3n) is 3.46. The van der Waals surface area contributed by atoms with Crippen LogP contribution >= 0.6 is 11.3 Å². The molecule has 0 saturated carbocycles. The van der Waals surface area contributed by atoms with E-state index in [1.807, 2.05) is 24.3 Å². The molecule has 7 heteroatoms. The number of anilines is 1. The standard InChI is InChI=1S/C17H19N3O3S/c1-10(2)8-14-19-20-17(24-14)18-16(21)15-12(9-22-3)11-6-4-5-7-13(11)23-15/h4-7,10H,8-9H2,1-3H3,(H,18,20,21). The first-order valence-corrected chi connectivity index (χ1v) is 8.53. The number of hydrogen-bond acceptors (Lipinski definition) is 6. The Morgan fingerprint density at radius 2 is 2.12 bits per heavy atom. The number of benzene rings is 1. The van der Waals surface area contributed by atoms with Crippen molar-refractivity contribution < 1.29 is 13.9 Å². The summed E-state index contributed by atoms with van der Waals surface area (Å²) in [6.45, 7) is 4.53. The van der Waals surface area contributed by atoms with Crippen LogP contribution in [0, 0.1) is 5.92 Å². The molecule has 126 valence electrons. The molecule has 1 aromatic carbocycles. The Labute approximate surface area is 143 Å². The number of carbonyl (C=O) groups excluding carboxylic acids is 1. The number of fused-ring (bicyclic) bond motifs is 1. The molecule has 0 aliphatic carbocycles. The van der Waals surface area contributed by atoms with Gasteiger partial charge in [-0.25, -0.2) is 0 Å². The van der Waals surface area contributed by atoms with Gasteiger partial charge < -0.3 is 9.15 Å². The molecule has 1 N–H and O–H groups in total. The van der Waals surface area contributed by atoms with E-state index in [1.165, 1.54) is 11.3 Å². The quantitative estimate of drug-likeness (QED) is 0.733. The van der Waals surface area contributed by atoms with Crippen molar-refractivity contribution in [2.45, 2.75) is 26.9 Å². The maximum Gasteiger partial charge on any atom is 0.293 e. The van der Waals surface area contributed by atoms with E-state index in [0.29, 0.717) is 23.2 Å². The van der Waals surface area contributed by atoms with E-state index >= 15 is 0 Å². The predicted molar refractivity (Wildman–Crippen MR) is 93.3 cm³/mol. The lowest BCUT2D eigenvalue weighted by Gasteiger charge is -2.02. The molecule has 3 rings (SSSR count). The number of hydrogen-bond donors (Lipinski definition) is 1. The third kappa shape index (κ3) is 3.47. The first kappa shape index (κ1) is 16.6. The van der Waals surface area contributed by atoms with Gasteiger partial charge in [0, 0.05) is 24.5 Å². The van der Waals surface area contributed by atoms with Gasteiger partial charge in [0.2, 0.25) is 5.13 Å². The van der Waals surface area contributed by atoms with Crippen molar-refractivity contribution in [2.75, 3.05) is 12.4 Å². The second-order valence-electron chi connectivity index (χ2n) is 5.89. The molecule has 3 aromatic rings.